The van der Waals surface area contributed by atoms with E-state index in [4.69, 9.17) is 19.7 Å². The molecule has 0 radical (unpaired) electrons. The quantitative estimate of drug-likeness (QED) is 0.382. The summed E-state index contributed by atoms with van der Waals surface area (Å²) in [5.74, 6) is 2.16. The van der Waals surface area contributed by atoms with Crippen LogP contribution in [0.15, 0.2) is 53.6 Å². The van der Waals surface area contributed by atoms with Gasteiger partial charge in [0, 0.05) is 30.1 Å². The van der Waals surface area contributed by atoms with Gasteiger partial charge < -0.3 is 19.9 Å². The van der Waals surface area contributed by atoms with Crippen molar-refractivity contribution in [1.82, 2.24) is 34.5 Å². The van der Waals surface area contributed by atoms with Crippen LogP contribution >= 0.6 is 11.3 Å². The lowest BCUT2D eigenvalue weighted by Gasteiger charge is -2.27. The molecule has 174 valence electrons. The fraction of sp³-hybridized carbons (Fsp3) is 0.208. The fourth-order valence-electron chi connectivity index (χ4n) is 4.43. The van der Waals surface area contributed by atoms with Crippen LogP contribution in [0.3, 0.4) is 0 Å². The molecule has 1 aliphatic rings. The predicted molar refractivity (Wildman–Crippen MR) is 136 cm³/mol. The first kappa shape index (κ1) is 20.3. The van der Waals surface area contributed by atoms with Gasteiger partial charge in [0.15, 0.2) is 17.0 Å². The maximum Gasteiger partial charge on any atom is 0.229 e. The molecule has 7 rings (SSSR count). The van der Waals surface area contributed by atoms with Crippen molar-refractivity contribution in [3.8, 4) is 5.69 Å². The topological polar surface area (TPSA) is 110 Å². The molecular formula is C24H21N9OS. The minimum Gasteiger partial charge on any atom is -0.378 e. The summed E-state index contributed by atoms with van der Waals surface area (Å²) in [6, 6.07) is 10.1. The van der Waals surface area contributed by atoms with Gasteiger partial charge in [0.25, 0.3) is 0 Å². The van der Waals surface area contributed by atoms with Crippen LogP contribution in [0.1, 0.15) is 5.82 Å². The second-order valence-electron chi connectivity index (χ2n) is 8.31. The Kier molecular flexibility index (Phi) is 4.81. The van der Waals surface area contributed by atoms with Gasteiger partial charge in [0.05, 0.1) is 42.0 Å². The van der Waals surface area contributed by atoms with E-state index in [1.165, 1.54) is 0 Å². The number of hydrogen-bond donors (Lipinski definition) is 2. The highest BCUT2D eigenvalue weighted by molar-refractivity contribution is 7.08. The number of nitrogens with zero attached hydrogens (tertiary/aromatic N) is 7. The van der Waals surface area contributed by atoms with Crippen molar-refractivity contribution in [2.24, 2.45) is 0 Å². The third kappa shape index (κ3) is 3.56. The largest absolute Gasteiger partial charge is 0.378 e. The van der Waals surface area contributed by atoms with Crippen molar-refractivity contribution in [1.29, 1.82) is 0 Å². The highest BCUT2D eigenvalue weighted by Crippen LogP contribution is 2.27. The van der Waals surface area contributed by atoms with Crippen molar-refractivity contribution in [3.63, 3.8) is 0 Å². The van der Waals surface area contributed by atoms with E-state index in [9.17, 15) is 0 Å². The highest BCUT2D eigenvalue weighted by atomic mass is 32.1. The van der Waals surface area contributed by atoms with Gasteiger partial charge in [-0.3, -0.25) is 9.55 Å². The number of imidazole rings is 2. The number of rotatable bonds is 5. The van der Waals surface area contributed by atoms with E-state index in [2.05, 4.69) is 36.6 Å². The van der Waals surface area contributed by atoms with Crippen molar-refractivity contribution < 1.29 is 4.74 Å². The molecule has 0 spiro atoms. The minimum absolute atomic E-state index is 0.469. The van der Waals surface area contributed by atoms with Gasteiger partial charge in [-0.2, -0.15) is 21.3 Å². The van der Waals surface area contributed by atoms with E-state index in [0.717, 1.165) is 57.7 Å². The number of benzene rings is 1. The molecule has 0 unspecified atom stereocenters. The number of thiophene rings is 1. The maximum absolute atomic E-state index is 5.53. The third-order valence-corrected chi connectivity index (χ3v) is 6.84. The van der Waals surface area contributed by atoms with E-state index in [1.54, 1.807) is 23.9 Å². The van der Waals surface area contributed by atoms with E-state index >= 15 is 0 Å². The van der Waals surface area contributed by atoms with E-state index < -0.39 is 0 Å². The first-order valence-corrected chi connectivity index (χ1v) is 12.3. The minimum atomic E-state index is 0.469. The average Bonchev–Trinajstić information content (AvgIpc) is 3.67. The number of anilines is 2. The number of ether oxygens (including phenoxy) is 1. The van der Waals surface area contributed by atoms with Gasteiger partial charge in [-0.25, -0.2) is 9.97 Å². The van der Waals surface area contributed by atoms with Crippen LogP contribution in [0.2, 0.25) is 0 Å². The van der Waals surface area contributed by atoms with Crippen LogP contribution in [0.25, 0.3) is 38.8 Å². The van der Waals surface area contributed by atoms with E-state index in [0.29, 0.717) is 31.5 Å². The molecule has 0 aliphatic carbocycles. The molecule has 0 atom stereocenters. The molecule has 1 aliphatic heterocycles. The Labute approximate surface area is 203 Å². The molecule has 1 fully saturated rings. The second-order valence-corrected chi connectivity index (χ2v) is 9.09. The summed E-state index contributed by atoms with van der Waals surface area (Å²) >= 11 is 1.64. The molecule has 6 aromatic rings. The molecule has 0 bridgehead atoms. The van der Waals surface area contributed by atoms with Crippen molar-refractivity contribution in [2.75, 3.05) is 36.5 Å². The van der Waals surface area contributed by atoms with Crippen molar-refractivity contribution in [3.05, 3.63) is 59.4 Å². The lowest BCUT2D eigenvalue weighted by molar-refractivity contribution is 0.122. The number of H-pyrrole nitrogens is 1. The Morgan fingerprint density at radius 3 is 2.86 bits per heavy atom. The first-order chi connectivity index (χ1) is 17.3. The van der Waals surface area contributed by atoms with Crippen molar-refractivity contribution in [2.45, 2.75) is 6.54 Å². The van der Waals surface area contributed by atoms with E-state index in [1.807, 2.05) is 34.2 Å². The first-order valence-electron chi connectivity index (χ1n) is 11.4. The van der Waals surface area contributed by atoms with Crippen LogP contribution in [0.4, 0.5) is 11.8 Å². The van der Waals surface area contributed by atoms with Crippen molar-refractivity contribution >= 4 is 56.2 Å². The Morgan fingerprint density at radius 1 is 1.03 bits per heavy atom. The molecular weight excluding hydrogens is 462 g/mol. The molecule has 11 heteroatoms. The SMILES string of the molecule is c1cnc2ccc3[nH]c(CNc4nc(N5CCOCC5)nc5c4ncn5-c4ccsc4)nc3c2c1. The smallest absolute Gasteiger partial charge is 0.229 e. The Morgan fingerprint density at radius 2 is 1.97 bits per heavy atom. The Hall–Kier alpha value is -4.09. The summed E-state index contributed by atoms with van der Waals surface area (Å²) < 4.78 is 7.53. The number of aromatic amines is 1. The number of nitrogens with one attached hydrogen (secondary N) is 2. The van der Waals surface area contributed by atoms with Gasteiger partial charge in [-0.05, 0) is 35.7 Å². The average molecular weight is 484 g/mol. The highest BCUT2D eigenvalue weighted by Gasteiger charge is 2.20. The van der Waals surface area contributed by atoms with Gasteiger partial charge in [0.2, 0.25) is 5.95 Å². The number of aromatic nitrogens is 7. The standard InChI is InChI=1S/C24H21N9OS/c1-2-16-17(25-6-1)3-4-18-20(16)29-19(28-18)12-26-22-21-23(33(14-27-21)15-5-11-35-13-15)31-24(30-22)32-7-9-34-10-8-32/h1-6,11,13-14H,7-10,12H2,(H,28,29)(H,26,30,31). The molecule has 5 aromatic heterocycles. The van der Waals surface area contributed by atoms with Crippen LogP contribution in [-0.2, 0) is 11.3 Å². The number of hydrogen-bond acceptors (Lipinski definition) is 9. The summed E-state index contributed by atoms with van der Waals surface area (Å²) in [5.41, 5.74) is 5.34. The van der Waals surface area contributed by atoms with Crippen LogP contribution in [0.5, 0.6) is 0 Å². The second kappa shape index (κ2) is 8.29. The molecule has 6 heterocycles. The fourth-order valence-corrected chi connectivity index (χ4v) is 5.06. The maximum atomic E-state index is 5.53. The van der Waals surface area contributed by atoms with Crippen LogP contribution in [-0.4, -0.2) is 60.8 Å². The molecule has 0 amide bonds. The summed E-state index contributed by atoms with van der Waals surface area (Å²) in [4.78, 5) is 29.3. The molecule has 35 heavy (non-hydrogen) atoms. The zero-order chi connectivity index (χ0) is 23.2. The molecule has 0 saturated carbocycles. The van der Waals surface area contributed by atoms with E-state index in [-0.39, 0.29) is 0 Å². The van der Waals surface area contributed by atoms with Crippen LogP contribution < -0.4 is 10.2 Å². The Bertz CT molecular complexity index is 1650. The summed E-state index contributed by atoms with van der Waals surface area (Å²) in [7, 11) is 0. The molecule has 10 nitrogen and oxygen atoms in total. The Balaban J connectivity index is 1.27. The predicted octanol–water partition coefficient (Wildman–Crippen LogP) is 3.75. The van der Waals surface area contributed by atoms with Gasteiger partial charge in [0.1, 0.15) is 12.2 Å². The summed E-state index contributed by atoms with van der Waals surface area (Å²) in [6.07, 6.45) is 3.60. The van der Waals surface area contributed by atoms with Gasteiger partial charge in [-0.15, -0.1) is 0 Å². The molecule has 1 saturated heterocycles. The monoisotopic (exact) mass is 483 g/mol. The zero-order valence-electron chi connectivity index (χ0n) is 18.7. The number of fused-ring (bicyclic) bond motifs is 4. The summed E-state index contributed by atoms with van der Waals surface area (Å²) in [5, 5.41) is 8.62. The lowest BCUT2D eigenvalue weighted by atomic mass is 10.2. The molecule has 2 N–H and O–H groups in total. The zero-order valence-corrected chi connectivity index (χ0v) is 19.5. The number of morpholine rings is 1. The van der Waals surface area contributed by atoms with Crippen LogP contribution in [0, 0.1) is 0 Å². The van der Waals surface area contributed by atoms with Gasteiger partial charge in [-0.1, -0.05) is 0 Å². The lowest BCUT2D eigenvalue weighted by Crippen LogP contribution is -2.37. The molecule has 1 aromatic carbocycles. The normalized spacial score (nSPS) is 14.3. The van der Waals surface area contributed by atoms with Gasteiger partial charge >= 0.3 is 0 Å². The summed E-state index contributed by atoms with van der Waals surface area (Å²) in [6.45, 7) is 3.30. The number of pyridine rings is 1. The third-order valence-electron chi connectivity index (χ3n) is 6.17.